The smallest absolute Gasteiger partial charge is 0.184 e. The van der Waals surface area contributed by atoms with Crippen LogP contribution in [0.5, 0.6) is 0 Å². The predicted octanol–water partition coefficient (Wildman–Crippen LogP) is 2.46. The molecule has 5 heteroatoms. The van der Waals surface area contributed by atoms with Gasteiger partial charge in [0.2, 0.25) is 0 Å². The largest absolute Gasteiger partial charge is 0.312 e. The third kappa shape index (κ3) is 2.44. The molecule has 3 rings (SSSR count). The van der Waals surface area contributed by atoms with E-state index in [1.807, 2.05) is 44.2 Å². The molecule has 1 aliphatic carbocycles. The number of nitrogens with zero attached hydrogens (tertiary/aromatic N) is 1. The van der Waals surface area contributed by atoms with Gasteiger partial charge >= 0.3 is 0 Å². The summed E-state index contributed by atoms with van der Waals surface area (Å²) < 4.78 is 25.8. The Labute approximate surface area is 136 Å². The average Bonchev–Trinajstić information content (AvgIpc) is 3.16. The molecule has 4 nitrogen and oxygen atoms in total. The van der Waals surface area contributed by atoms with E-state index in [9.17, 15) is 13.7 Å². The van der Waals surface area contributed by atoms with Gasteiger partial charge in [0.25, 0.3) is 0 Å². The second kappa shape index (κ2) is 5.19. The monoisotopic (exact) mass is 326 g/mol. The van der Waals surface area contributed by atoms with E-state index >= 15 is 0 Å². The first-order chi connectivity index (χ1) is 10.8. The molecular formula is C18H18N2O2S. The molecule has 1 fully saturated rings. The first-order valence-electron chi connectivity index (χ1n) is 7.38. The Morgan fingerprint density at radius 3 is 1.96 bits per heavy atom. The Morgan fingerprint density at radius 1 is 1.00 bits per heavy atom. The Balaban J connectivity index is 2.03. The van der Waals surface area contributed by atoms with Crippen molar-refractivity contribution in [1.29, 1.82) is 5.26 Å². The molecule has 0 saturated heterocycles. The molecule has 2 aromatic rings. The van der Waals surface area contributed by atoms with Gasteiger partial charge in [0.05, 0.1) is 11.0 Å². The molecular weight excluding hydrogens is 308 g/mol. The maximum Gasteiger partial charge on any atom is 0.184 e. The first kappa shape index (κ1) is 15.7. The number of aryl methyl sites for hydroxylation is 2. The summed E-state index contributed by atoms with van der Waals surface area (Å²) in [6.07, 6.45) is 0. The zero-order valence-electron chi connectivity index (χ0n) is 13.0. The van der Waals surface area contributed by atoms with Crippen LogP contribution < -0.4 is 5.73 Å². The van der Waals surface area contributed by atoms with E-state index in [1.165, 1.54) is 0 Å². The van der Waals surface area contributed by atoms with Crippen LogP contribution in [0.1, 0.15) is 22.6 Å². The highest BCUT2D eigenvalue weighted by Gasteiger charge is 2.70. The van der Waals surface area contributed by atoms with Crippen molar-refractivity contribution < 1.29 is 8.42 Å². The van der Waals surface area contributed by atoms with Gasteiger partial charge in [-0.3, -0.25) is 0 Å². The van der Waals surface area contributed by atoms with E-state index in [0.29, 0.717) is 0 Å². The molecule has 0 radical (unpaired) electrons. The van der Waals surface area contributed by atoms with Crippen molar-refractivity contribution >= 4 is 9.84 Å². The molecule has 1 aliphatic rings. The third-order valence-corrected chi connectivity index (χ3v) is 6.75. The van der Waals surface area contributed by atoms with Gasteiger partial charge in [-0.25, -0.2) is 8.42 Å². The minimum Gasteiger partial charge on any atom is -0.312 e. The van der Waals surface area contributed by atoms with E-state index in [2.05, 4.69) is 0 Å². The van der Waals surface area contributed by atoms with Crippen LogP contribution in [0, 0.1) is 25.2 Å². The Morgan fingerprint density at radius 2 is 1.48 bits per heavy atom. The lowest BCUT2D eigenvalue weighted by molar-refractivity contribution is 0.592. The highest BCUT2D eigenvalue weighted by molar-refractivity contribution is 7.92. The lowest BCUT2D eigenvalue weighted by Gasteiger charge is -2.05. The van der Waals surface area contributed by atoms with Crippen molar-refractivity contribution in [3.63, 3.8) is 0 Å². The number of rotatable bonds is 3. The van der Waals surface area contributed by atoms with Gasteiger partial charge in [0, 0.05) is 5.92 Å². The lowest BCUT2D eigenvalue weighted by atomic mass is 10.1. The topological polar surface area (TPSA) is 83.9 Å². The summed E-state index contributed by atoms with van der Waals surface area (Å²) in [6, 6.07) is 16.2. The minimum atomic E-state index is -3.66. The fourth-order valence-electron chi connectivity index (χ4n) is 3.04. The molecule has 0 spiro atoms. The highest BCUT2D eigenvalue weighted by Crippen LogP contribution is 2.55. The molecule has 0 aromatic heterocycles. The lowest BCUT2D eigenvalue weighted by Crippen LogP contribution is -2.29. The van der Waals surface area contributed by atoms with E-state index in [1.54, 1.807) is 24.3 Å². The van der Waals surface area contributed by atoms with E-state index in [4.69, 9.17) is 5.73 Å². The standard InChI is InChI=1S/C18H18N2O2S/c1-12-3-7-14(8-4-12)16-17(18(16,20)11-19)23(21,22)15-9-5-13(2)6-10-15/h3-10,16-17H,20H2,1-2H3/t16-,17-,18+/m0/s1. The van der Waals surface area contributed by atoms with Crippen molar-refractivity contribution in [3.05, 3.63) is 65.2 Å². The van der Waals surface area contributed by atoms with E-state index in [0.717, 1.165) is 16.7 Å². The van der Waals surface area contributed by atoms with Crippen LogP contribution >= 0.6 is 0 Å². The van der Waals surface area contributed by atoms with Crippen LogP contribution in [0.3, 0.4) is 0 Å². The molecule has 0 amide bonds. The van der Waals surface area contributed by atoms with Crippen molar-refractivity contribution in [1.82, 2.24) is 0 Å². The number of hydrogen-bond donors (Lipinski definition) is 1. The van der Waals surface area contributed by atoms with Gasteiger partial charge in [0.1, 0.15) is 10.8 Å². The van der Waals surface area contributed by atoms with Gasteiger partial charge < -0.3 is 5.73 Å². The first-order valence-corrected chi connectivity index (χ1v) is 8.92. The van der Waals surface area contributed by atoms with Gasteiger partial charge in [-0.05, 0) is 31.5 Å². The van der Waals surface area contributed by atoms with Crippen LogP contribution in [0.15, 0.2) is 53.4 Å². The van der Waals surface area contributed by atoms with Gasteiger partial charge in [-0.1, -0.05) is 47.5 Å². The molecule has 3 atom stereocenters. The maximum absolute atomic E-state index is 12.9. The van der Waals surface area contributed by atoms with Gasteiger partial charge in [-0.2, -0.15) is 5.26 Å². The van der Waals surface area contributed by atoms with Gasteiger partial charge in [0.15, 0.2) is 9.84 Å². The Hall–Kier alpha value is -2.16. The van der Waals surface area contributed by atoms with Gasteiger partial charge in [-0.15, -0.1) is 0 Å². The number of nitrogens with two attached hydrogens (primary N) is 1. The summed E-state index contributed by atoms with van der Waals surface area (Å²) in [6.45, 7) is 3.85. The van der Waals surface area contributed by atoms with Crippen molar-refractivity contribution in [2.45, 2.75) is 35.4 Å². The van der Waals surface area contributed by atoms with Crippen LogP contribution in [-0.4, -0.2) is 19.2 Å². The summed E-state index contributed by atoms with van der Waals surface area (Å²) in [4.78, 5) is 0.216. The third-order valence-electron chi connectivity index (χ3n) is 4.49. The number of sulfone groups is 1. The number of nitriles is 1. The molecule has 1 saturated carbocycles. The molecule has 2 N–H and O–H groups in total. The summed E-state index contributed by atoms with van der Waals surface area (Å²) >= 11 is 0. The SMILES string of the molecule is Cc1ccc([C@H]2[C@H](S(=O)(=O)c3ccc(C)cc3)[C@@]2(N)C#N)cc1. The molecule has 118 valence electrons. The molecule has 2 aromatic carbocycles. The summed E-state index contributed by atoms with van der Waals surface area (Å²) in [7, 11) is -3.66. The normalized spacial score (nSPS) is 26.5. The van der Waals surface area contributed by atoms with E-state index in [-0.39, 0.29) is 4.90 Å². The van der Waals surface area contributed by atoms with Crippen LogP contribution in [0.25, 0.3) is 0 Å². The highest BCUT2D eigenvalue weighted by atomic mass is 32.2. The molecule has 0 unspecified atom stereocenters. The summed E-state index contributed by atoms with van der Waals surface area (Å²) in [5, 5.41) is 8.53. The van der Waals surface area contributed by atoms with Crippen LogP contribution in [-0.2, 0) is 9.84 Å². The van der Waals surface area contributed by atoms with Crippen LogP contribution in [0.4, 0.5) is 0 Å². The molecule has 0 heterocycles. The fraction of sp³-hybridized carbons (Fsp3) is 0.278. The van der Waals surface area contributed by atoms with Crippen LogP contribution in [0.2, 0.25) is 0 Å². The van der Waals surface area contributed by atoms with Crippen molar-refractivity contribution in [3.8, 4) is 6.07 Å². The number of hydrogen-bond acceptors (Lipinski definition) is 4. The fourth-order valence-corrected chi connectivity index (χ4v) is 5.23. The summed E-state index contributed by atoms with van der Waals surface area (Å²) in [5.41, 5.74) is 7.59. The second-order valence-corrected chi connectivity index (χ2v) is 8.28. The molecule has 0 aliphatic heterocycles. The summed E-state index contributed by atoms with van der Waals surface area (Å²) in [5.74, 6) is -0.501. The zero-order chi connectivity index (χ0) is 16.8. The van der Waals surface area contributed by atoms with E-state index < -0.39 is 26.5 Å². The average molecular weight is 326 g/mol. The zero-order valence-corrected chi connectivity index (χ0v) is 13.8. The maximum atomic E-state index is 12.9. The molecule has 0 bridgehead atoms. The minimum absolute atomic E-state index is 0.216. The quantitative estimate of drug-likeness (QED) is 0.939. The Kier molecular flexibility index (Phi) is 3.55. The predicted molar refractivity (Wildman–Crippen MR) is 88.6 cm³/mol. The number of benzene rings is 2. The second-order valence-electron chi connectivity index (χ2n) is 6.21. The van der Waals surface area contributed by atoms with Crippen molar-refractivity contribution in [2.24, 2.45) is 5.73 Å². The Bertz CT molecular complexity index is 880. The molecule has 23 heavy (non-hydrogen) atoms. The van der Waals surface area contributed by atoms with Crippen molar-refractivity contribution in [2.75, 3.05) is 0 Å².